The number of hydrogen-bond acceptors (Lipinski definition) is 2. The second-order valence-electron chi connectivity index (χ2n) is 4.89. The Bertz CT molecular complexity index is 461. The Morgan fingerprint density at radius 1 is 1.58 bits per heavy atom. The van der Waals surface area contributed by atoms with Crippen molar-refractivity contribution < 1.29 is 13.9 Å². The normalized spacial score (nSPS) is 19.2. The lowest BCUT2D eigenvalue weighted by atomic mass is 10.0. The van der Waals surface area contributed by atoms with E-state index in [4.69, 9.17) is 4.74 Å². The average Bonchev–Trinajstić information content (AvgIpc) is 2.42. The quantitative estimate of drug-likeness (QED) is 0.852. The molecule has 1 atom stereocenters. The van der Waals surface area contributed by atoms with Crippen LogP contribution in [-0.2, 0) is 4.74 Å². The zero-order valence-corrected chi connectivity index (χ0v) is 12.5. The monoisotopic (exact) mass is 329 g/mol. The van der Waals surface area contributed by atoms with Crippen LogP contribution in [0.4, 0.5) is 4.39 Å². The van der Waals surface area contributed by atoms with Crippen molar-refractivity contribution in [2.75, 3.05) is 26.8 Å². The maximum Gasteiger partial charge on any atom is 0.254 e. The van der Waals surface area contributed by atoms with Gasteiger partial charge in [-0.1, -0.05) is 0 Å². The molecule has 1 aromatic rings. The lowest BCUT2D eigenvalue weighted by molar-refractivity contribution is 0.0388. The van der Waals surface area contributed by atoms with Gasteiger partial charge < -0.3 is 9.64 Å². The molecule has 1 saturated heterocycles. The van der Waals surface area contributed by atoms with Crippen LogP contribution in [0.25, 0.3) is 0 Å². The molecule has 0 spiro atoms. The summed E-state index contributed by atoms with van der Waals surface area (Å²) < 4.78 is 19.2. The fraction of sp³-hybridized carbons (Fsp3) is 0.500. The van der Waals surface area contributed by atoms with Gasteiger partial charge in [0.05, 0.1) is 12.2 Å². The van der Waals surface area contributed by atoms with Gasteiger partial charge in [0.15, 0.2) is 0 Å². The molecular formula is C14H17BrFNO2. The van der Waals surface area contributed by atoms with Gasteiger partial charge in [-0.05, 0) is 52.9 Å². The minimum atomic E-state index is -0.402. The fourth-order valence-electron chi connectivity index (χ4n) is 2.29. The van der Waals surface area contributed by atoms with Gasteiger partial charge in [0.1, 0.15) is 5.82 Å². The summed E-state index contributed by atoms with van der Waals surface area (Å²) in [4.78, 5) is 13.9. The summed E-state index contributed by atoms with van der Waals surface area (Å²) in [6, 6.07) is 4.15. The van der Waals surface area contributed by atoms with Gasteiger partial charge >= 0.3 is 0 Å². The van der Waals surface area contributed by atoms with Crippen molar-refractivity contribution in [1.82, 2.24) is 4.90 Å². The van der Waals surface area contributed by atoms with Crippen molar-refractivity contribution in [2.45, 2.75) is 12.8 Å². The molecule has 1 aliphatic rings. The number of benzene rings is 1. The van der Waals surface area contributed by atoms with Gasteiger partial charge in [-0.15, -0.1) is 0 Å². The van der Waals surface area contributed by atoms with E-state index in [0.717, 1.165) is 19.4 Å². The molecule has 1 heterocycles. The van der Waals surface area contributed by atoms with E-state index in [1.165, 1.54) is 12.1 Å². The minimum Gasteiger partial charge on any atom is -0.381 e. The smallest absolute Gasteiger partial charge is 0.254 e. The largest absolute Gasteiger partial charge is 0.381 e. The van der Waals surface area contributed by atoms with Gasteiger partial charge in [-0.3, -0.25) is 4.79 Å². The zero-order chi connectivity index (χ0) is 13.8. The second-order valence-corrected chi connectivity index (χ2v) is 5.75. The highest BCUT2D eigenvalue weighted by Crippen LogP contribution is 2.21. The summed E-state index contributed by atoms with van der Waals surface area (Å²) in [5.41, 5.74) is 0.360. The topological polar surface area (TPSA) is 29.5 Å². The number of amides is 1. The maximum absolute atomic E-state index is 13.2. The summed E-state index contributed by atoms with van der Waals surface area (Å²) in [5.74, 6) is -0.201. The van der Waals surface area contributed by atoms with E-state index in [9.17, 15) is 9.18 Å². The van der Waals surface area contributed by atoms with E-state index in [2.05, 4.69) is 15.9 Å². The lowest BCUT2D eigenvalue weighted by Gasteiger charge is -2.27. The fourth-order valence-corrected chi connectivity index (χ4v) is 2.70. The molecule has 3 nitrogen and oxygen atoms in total. The van der Waals surface area contributed by atoms with Crippen LogP contribution in [0.15, 0.2) is 22.7 Å². The molecule has 2 rings (SSSR count). The molecule has 1 amide bonds. The molecule has 1 unspecified atom stereocenters. The Morgan fingerprint density at radius 2 is 2.37 bits per heavy atom. The first-order valence-corrected chi connectivity index (χ1v) is 7.15. The summed E-state index contributed by atoms with van der Waals surface area (Å²) >= 11 is 3.29. The predicted octanol–water partition coefficient (Wildman–Crippen LogP) is 3.09. The molecule has 0 aliphatic carbocycles. The van der Waals surface area contributed by atoms with Crippen LogP contribution >= 0.6 is 15.9 Å². The summed E-state index contributed by atoms with van der Waals surface area (Å²) in [6.45, 7) is 2.15. The third-order valence-corrected chi connectivity index (χ3v) is 3.98. The highest BCUT2D eigenvalue weighted by molar-refractivity contribution is 9.10. The average molecular weight is 330 g/mol. The first kappa shape index (κ1) is 14.5. The summed E-state index contributed by atoms with van der Waals surface area (Å²) in [7, 11) is 1.74. The van der Waals surface area contributed by atoms with Crippen LogP contribution in [0.2, 0.25) is 0 Å². The third-order valence-electron chi connectivity index (χ3n) is 3.29. The number of ether oxygens (including phenoxy) is 1. The molecule has 0 N–H and O–H groups in total. The van der Waals surface area contributed by atoms with E-state index in [1.54, 1.807) is 18.0 Å². The number of halogens is 2. The van der Waals surface area contributed by atoms with Crippen LogP contribution in [0.1, 0.15) is 23.2 Å². The van der Waals surface area contributed by atoms with E-state index in [0.29, 0.717) is 29.1 Å². The Balaban J connectivity index is 2.03. The van der Waals surface area contributed by atoms with Gasteiger partial charge in [0.2, 0.25) is 0 Å². The first-order chi connectivity index (χ1) is 9.08. The van der Waals surface area contributed by atoms with Crippen LogP contribution in [0.5, 0.6) is 0 Å². The van der Waals surface area contributed by atoms with E-state index in [1.807, 2.05) is 0 Å². The standard InChI is InChI=1S/C14H17BrFNO2/c1-17(8-10-3-2-6-19-9-10)14(18)12-7-11(16)4-5-13(12)15/h4-5,7,10H,2-3,6,8-9H2,1H3. The van der Waals surface area contributed by atoms with Gasteiger partial charge in [-0.25, -0.2) is 4.39 Å². The third kappa shape index (κ3) is 3.76. The second kappa shape index (κ2) is 6.48. The van der Waals surface area contributed by atoms with Crippen molar-refractivity contribution in [1.29, 1.82) is 0 Å². The Labute approximate surface area is 120 Å². The molecule has 0 bridgehead atoms. The van der Waals surface area contributed by atoms with Crippen molar-refractivity contribution >= 4 is 21.8 Å². The number of rotatable bonds is 3. The van der Waals surface area contributed by atoms with Crippen molar-refractivity contribution in [2.24, 2.45) is 5.92 Å². The van der Waals surface area contributed by atoms with Crippen LogP contribution < -0.4 is 0 Å². The van der Waals surface area contributed by atoms with Crippen LogP contribution in [0, 0.1) is 11.7 Å². The number of hydrogen-bond donors (Lipinski definition) is 0. The lowest BCUT2D eigenvalue weighted by Crippen LogP contribution is -2.35. The zero-order valence-electron chi connectivity index (χ0n) is 10.9. The summed E-state index contributed by atoms with van der Waals surface area (Å²) in [6.07, 6.45) is 2.11. The van der Waals surface area contributed by atoms with E-state index < -0.39 is 5.82 Å². The molecule has 5 heteroatoms. The minimum absolute atomic E-state index is 0.169. The number of carbonyl (C=O) groups excluding carboxylic acids is 1. The molecule has 0 aromatic heterocycles. The van der Waals surface area contributed by atoms with Gasteiger partial charge in [-0.2, -0.15) is 0 Å². The van der Waals surface area contributed by atoms with Gasteiger partial charge in [0, 0.05) is 24.7 Å². The molecule has 1 aromatic carbocycles. The summed E-state index contributed by atoms with van der Waals surface area (Å²) in [5, 5.41) is 0. The van der Waals surface area contributed by atoms with Crippen molar-refractivity contribution in [3.8, 4) is 0 Å². The number of carbonyl (C=O) groups is 1. The molecule has 19 heavy (non-hydrogen) atoms. The van der Waals surface area contributed by atoms with Crippen molar-refractivity contribution in [3.05, 3.63) is 34.1 Å². The Morgan fingerprint density at radius 3 is 3.05 bits per heavy atom. The van der Waals surface area contributed by atoms with Crippen molar-refractivity contribution in [3.63, 3.8) is 0 Å². The SMILES string of the molecule is CN(CC1CCCOC1)C(=O)c1cc(F)ccc1Br. The molecule has 104 valence electrons. The highest BCUT2D eigenvalue weighted by atomic mass is 79.9. The maximum atomic E-state index is 13.2. The predicted molar refractivity (Wildman–Crippen MR) is 74.6 cm³/mol. The Kier molecular flexibility index (Phi) is 4.93. The van der Waals surface area contributed by atoms with Crippen LogP contribution in [-0.4, -0.2) is 37.6 Å². The first-order valence-electron chi connectivity index (χ1n) is 6.36. The van der Waals surface area contributed by atoms with Gasteiger partial charge in [0.25, 0.3) is 5.91 Å². The molecule has 0 saturated carbocycles. The molecular weight excluding hydrogens is 313 g/mol. The number of nitrogens with zero attached hydrogens (tertiary/aromatic N) is 1. The Hall–Kier alpha value is -0.940. The molecule has 1 fully saturated rings. The molecule has 1 aliphatic heterocycles. The van der Waals surface area contributed by atoms with E-state index >= 15 is 0 Å². The highest BCUT2D eigenvalue weighted by Gasteiger charge is 2.21. The van der Waals surface area contributed by atoms with Crippen LogP contribution in [0.3, 0.4) is 0 Å². The molecule has 0 radical (unpaired) electrons. The van der Waals surface area contributed by atoms with E-state index in [-0.39, 0.29) is 5.91 Å².